The van der Waals surface area contributed by atoms with Crippen molar-refractivity contribution in [1.82, 2.24) is 0 Å². The Kier molecular flexibility index (Phi) is 15.7. The van der Waals surface area contributed by atoms with Gasteiger partial charge in [0.25, 0.3) is 0 Å². The first-order chi connectivity index (χ1) is 19.7. The van der Waals surface area contributed by atoms with E-state index in [2.05, 4.69) is 0 Å². The summed E-state index contributed by atoms with van der Waals surface area (Å²) < 4.78 is 36.4. The van der Waals surface area contributed by atoms with Gasteiger partial charge in [0.05, 0.1) is 13.2 Å². The number of carbonyl (C=O) groups excluding carboxylic acids is 4. The highest BCUT2D eigenvalue weighted by Gasteiger charge is 2.25. The van der Waals surface area contributed by atoms with Gasteiger partial charge >= 0.3 is 24.4 Å². The van der Waals surface area contributed by atoms with Crippen molar-refractivity contribution < 1.29 is 52.3 Å². The molecule has 12 heteroatoms. The number of carbonyl (C=O) groups is 4. The number of esters is 1. The third-order valence-corrected chi connectivity index (χ3v) is 6.49. The van der Waals surface area contributed by atoms with Crippen molar-refractivity contribution >= 4 is 24.4 Å². The summed E-state index contributed by atoms with van der Waals surface area (Å²) in [5, 5.41) is 0. The summed E-state index contributed by atoms with van der Waals surface area (Å²) in [6.45, 7) is 14.8. The Morgan fingerprint density at radius 3 is 1.86 bits per heavy atom. The van der Waals surface area contributed by atoms with E-state index in [1.807, 2.05) is 34.6 Å². The van der Waals surface area contributed by atoms with E-state index in [0.29, 0.717) is 12.0 Å². The van der Waals surface area contributed by atoms with Crippen LogP contribution in [-0.2, 0) is 34.9 Å². The fourth-order valence-electron chi connectivity index (χ4n) is 2.90. The number of hydrogen-bond acceptors (Lipinski definition) is 12. The second-order valence-corrected chi connectivity index (χ2v) is 11.0. The average Bonchev–Trinajstić information content (AvgIpc) is 2.94. The van der Waals surface area contributed by atoms with Crippen molar-refractivity contribution in [1.29, 1.82) is 0 Å². The lowest BCUT2D eigenvalue weighted by atomic mass is 10.1. The van der Waals surface area contributed by atoms with Crippen LogP contribution in [0.2, 0.25) is 0 Å². The fraction of sp³-hybridized carbons (Fsp3) is 0.667. The first kappa shape index (κ1) is 36.5. The van der Waals surface area contributed by atoms with Crippen molar-refractivity contribution in [2.75, 3.05) is 19.8 Å². The van der Waals surface area contributed by atoms with Gasteiger partial charge in [-0.2, -0.15) is 0 Å². The van der Waals surface area contributed by atoms with Gasteiger partial charge in [0, 0.05) is 0 Å². The Morgan fingerprint density at radius 2 is 1.33 bits per heavy atom. The molecular weight excluding hydrogens is 550 g/mol. The van der Waals surface area contributed by atoms with Crippen LogP contribution in [-0.4, -0.2) is 62.0 Å². The molecule has 4 atom stereocenters. The summed E-state index contributed by atoms with van der Waals surface area (Å²) in [6, 6.07) is 3.26. The minimum atomic E-state index is -1.10. The van der Waals surface area contributed by atoms with Gasteiger partial charge in [0.1, 0.15) is 24.4 Å². The zero-order valence-electron chi connectivity index (χ0n) is 26.1. The van der Waals surface area contributed by atoms with E-state index in [0.717, 1.165) is 12.8 Å². The minimum absolute atomic E-state index is 0.00216. The molecule has 0 aliphatic heterocycles. The van der Waals surface area contributed by atoms with Crippen LogP contribution in [0.4, 0.5) is 14.4 Å². The zero-order chi connectivity index (χ0) is 31.9. The molecule has 1 rings (SSSR count). The smallest absolute Gasteiger partial charge is 0.461 e. The van der Waals surface area contributed by atoms with Crippen LogP contribution in [0.3, 0.4) is 0 Å². The molecule has 0 aliphatic carbocycles. The summed E-state index contributed by atoms with van der Waals surface area (Å²) in [5.41, 5.74) is 5.84. The number of rotatable bonds is 16. The molecule has 238 valence electrons. The summed E-state index contributed by atoms with van der Waals surface area (Å²) >= 11 is 0. The number of ether oxygens (including phenoxy) is 7. The topological polar surface area (TPSA) is 159 Å². The molecule has 12 nitrogen and oxygen atoms in total. The molecule has 1 aromatic rings. The number of nitrogens with two attached hydrogens (primary N) is 1. The third kappa shape index (κ3) is 14.4. The van der Waals surface area contributed by atoms with Gasteiger partial charge < -0.3 is 38.9 Å². The van der Waals surface area contributed by atoms with Crippen molar-refractivity contribution in [2.45, 2.75) is 98.8 Å². The summed E-state index contributed by atoms with van der Waals surface area (Å²) in [6.07, 6.45) is -1.35. The van der Waals surface area contributed by atoms with Gasteiger partial charge in [-0.05, 0) is 63.1 Å². The predicted octanol–water partition coefficient (Wildman–Crippen LogP) is 5.95. The van der Waals surface area contributed by atoms with Crippen LogP contribution in [0.1, 0.15) is 80.2 Å². The molecule has 0 aliphatic rings. The maximum Gasteiger partial charge on any atom is 0.513 e. The maximum absolute atomic E-state index is 12.5. The Bertz CT molecular complexity index is 1030. The normalized spacial score (nSPS) is 14.0. The largest absolute Gasteiger partial charge is 0.513 e. The van der Waals surface area contributed by atoms with Crippen molar-refractivity contribution in [3.05, 3.63) is 23.8 Å². The standard InChI is InChI=1S/C30H47NO11/c1-9-19(4)16-37-27(33)40-24-13-12-22(15-25(24)41-28(34)38-17-20(5)10-2)14-23(31)26(32)36-18-21(6)39-29(35)42-30(7,8)11-3/h12-13,15,19-21,23H,9-11,14,16-18,31H2,1-8H3/t19?,20?,21-,23-/m0/s1. The molecule has 0 aromatic heterocycles. The third-order valence-electron chi connectivity index (χ3n) is 6.49. The van der Waals surface area contributed by atoms with Crippen LogP contribution in [0, 0.1) is 11.8 Å². The quantitative estimate of drug-likeness (QED) is 0.136. The Morgan fingerprint density at radius 1 is 0.786 bits per heavy atom. The molecule has 2 N–H and O–H groups in total. The van der Waals surface area contributed by atoms with Crippen LogP contribution >= 0.6 is 0 Å². The van der Waals surface area contributed by atoms with Crippen molar-refractivity contribution in [2.24, 2.45) is 17.6 Å². The van der Waals surface area contributed by atoms with Crippen molar-refractivity contribution in [3.63, 3.8) is 0 Å². The molecular formula is C30H47NO11. The van der Waals surface area contributed by atoms with Gasteiger partial charge in [0.15, 0.2) is 11.5 Å². The molecule has 42 heavy (non-hydrogen) atoms. The summed E-state index contributed by atoms with van der Waals surface area (Å²) in [7, 11) is 0. The summed E-state index contributed by atoms with van der Waals surface area (Å²) in [4.78, 5) is 49.0. The van der Waals surface area contributed by atoms with Crippen LogP contribution in [0.25, 0.3) is 0 Å². The molecule has 0 saturated carbocycles. The molecule has 1 aromatic carbocycles. The van der Waals surface area contributed by atoms with Gasteiger partial charge in [-0.25, -0.2) is 14.4 Å². The Hall–Kier alpha value is -3.54. The monoisotopic (exact) mass is 597 g/mol. The van der Waals surface area contributed by atoms with Gasteiger partial charge in [-0.15, -0.1) is 0 Å². The predicted molar refractivity (Wildman–Crippen MR) is 153 cm³/mol. The first-order valence-electron chi connectivity index (χ1n) is 14.3. The molecule has 0 bridgehead atoms. The van der Waals surface area contributed by atoms with Crippen LogP contribution in [0.5, 0.6) is 11.5 Å². The van der Waals surface area contributed by atoms with E-state index in [4.69, 9.17) is 38.9 Å². The molecule has 0 heterocycles. The van der Waals surface area contributed by atoms with Gasteiger partial charge in [0.2, 0.25) is 0 Å². The van der Waals surface area contributed by atoms with E-state index in [-0.39, 0.29) is 49.6 Å². The zero-order valence-corrected chi connectivity index (χ0v) is 26.1. The molecule has 0 saturated heterocycles. The molecule has 0 amide bonds. The highest BCUT2D eigenvalue weighted by atomic mass is 16.8. The summed E-state index contributed by atoms with van der Waals surface area (Å²) in [5.74, 6) is -0.658. The number of hydrogen-bond donors (Lipinski definition) is 1. The lowest BCUT2D eigenvalue weighted by molar-refractivity contribution is -0.148. The second kappa shape index (κ2) is 18.1. The number of benzene rings is 1. The second-order valence-electron chi connectivity index (χ2n) is 11.0. The lowest BCUT2D eigenvalue weighted by Gasteiger charge is -2.24. The van der Waals surface area contributed by atoms with Crippen LogP contribution < -0.4 is 15.2 Å². The van der Waals surface area contributed by atoms with Crippen molar-refractivity contribution in [3.8, 4) is 11.5 Å². The first-order valence-corrected chi connectivity index (χ1v) is 14.3. The molecule has 0 radical (unpaired) electrons. The van der Waals surface area contributed by atoms with E-state index < -0.39 is 42.2 Å². The fourth-order valence-corrected chi connectivity index (χ4v) is 2.90. The van der Waals surface area contributed by atoms with E-state index >= 15 is 0 Å². The minimum Gasteiger partial charge on any atom is -0.461 e. The average molecular weight is 598 g/mol. The molecule has 2 unspecified atom stereocenters. The SMILES string of the molecule is CCC(C)COC(=O)Oc1ccc(C[C@H](N)C(=O)OC[C@H](C)OC(=O)OC(C)(C)CC)cc1OC(=O)OCC(C)CC. The molecule has 0 fully saturated rings. The Balaban J connectivity index is 2.86. The lowest BCUT2D eigenvalue weighted by Crippen LogP contribution is -2.36. The highest BCUT2D eigenvalue weighted by Crippen LogP contribution is 2.30. The van der Waals surface area contributed by atoms with E-state index in [1.54, 1.807) is 26.8 Å². The van der Waals surface area contributed by atoms with Gasteiger partial charge in [-0.3, -0.25) is 4.79 Å². The Labute approximate surface area is 248 Å². The van der Waals surface area contributed by atoms with Gasteiger partial charge in [-0.1, -0.05) is 53.5 Å². The van der Waals surface area contributed by atoms with E-state index in [9.17, 15) is 19.2 Å². The molecule has 0 spiro atoms. The van der Waals surface area contributed by atoms with E-state index in [1.165, 1.54) is 12.1 Å². The van der Waals surface area contributed by atoms with Crippen LogP contribution in [0.15, 0.2) is 18.2 Å². The maximum atomic E-state index is 12.5. The highest BCUT2D eigenvalue weighted by molar-refractivity contribution is 5.76.